The molecule has 0 aromatic heterocycles. The Kier molecular flexibility index (Phi) is 23.1. The molecule has 0 unspecified atom stereocenters. The third-order valence-corrected chi connectivity index (χ3v) is 11.2. The van der Waals surface area contributed by atoms with Gasteiger partial charge in [-0.25, -0.2) is 14.4 Å². The SMILES string of the molecule is CCCCCCCCCCCCOc1ccc(C(=O)Oc2ccc(N=Cc3cccc(C(=O)Oc4ccc(OC(=O)c5ccc(OCCCCCCCCCCC)cc5)cc4)c3)cc2)cc1. The lowest BCUT2D eigenvalue weighted by atomic mass is 10.1. The zero-order valence-electron chi connectivity index (χ0n) is 39.2. The van der Waals surface area contributed by atoms with Gasteiger partial charge in [0, 0.05) is 6.21 Å². The van der Waals surface area contributed by atoms with E-state index in [1.807, 2.05) is 6.07 Å². The normalized spacial score (nSPS) is 11.1. The zero-order chi connectivity index (χ0) is 46.4. The predicted molar refractivity (Wildman–Crippen MR) is 264 cm³/mol. The number of ether oxygens (including phenoxy) is 5. The van der Waals surface area contributed by atoms with Crippen LogP contribution in [0.25, 0.3) is 0 Å². The molecule has 5 rings (SSSR count). The van der Waals surface area contributed by atoms with E-state index in [9.17, 15) is 14.4 Å². The molecule has 0 heterocycles. The number of carbonyl (C=O) groups is 3. The number of nitrogens with zero attached hydrogens (tertiary/aromatic N) is 1. The molecule has 0 amide bonds. The van der Waals surface area contributed by atoms with Gasteiger partial charge >= 0.3 is 17.9 Å². The van der Waals surface area contributed by atoms with E-state index < -0.39 is 17.9 Å². The lowest BCUT2D eigenvalue weighted by Gasteiger charge is -2.09. The van der Waals surface area contributed by atoms with Crippen molar-refractivity contribution < 1.29 is 38.1 Å². The van der Waals surface area contributed by atoms with Crippen LogP contribution in [0.1, 0.15) is 172 Å². The van der Waals surface area contributed by atoms with Gasteiger partial charge in [-0.15, -0.1) is 0 Å². The van der Waals surface area contributed by atoms with Crippen LogP contribution in [-0.2, 0) is 0 Å². The van der Waals surface area contributed by atoms with Crippen LogP contribution in [0.15, 0.2) is 126 Å². The highest BCUT2D eigenvalue weighted by atomic mass is 16.5. The molecule has 9 nitrogen and oxygen atoms in total. The Balaban J connectivity index is 0.979. The highest BCUT2D eigenvalue weighted by Crippen LogP contribution is 2.23. The number of rotatable bonds is 31. The molecule has 0 bridgehead atoms. The molecule has 5 aromatic carbocycles. The fourth-order valence-electron chi connectivity index (χ4n) is 7.33. The maximum absolute atomic E-state index is 13.0. The van der Waals surface area contributed by atoms with Crippen molar-refractivity contribution in [2.45, 2.75) is 136 Å². The summed E-state index contributed by atoms with van der Waals surface area (Å²) in [6, 6.07) is 34.0. The minimum absolute atomic E-state index is 0.300. The minimum atomic E-state index is -0.548. The number of unbranched alkanes of at least 4 members (excludes halogenated alkanes) is 17. The predicted octanol–water partition coefficient (Wildman–Crippen LogP) is 15.3. The monoisotopic (exact) mass is 896 g/mol. The topological polar surface area (TPSA) is 110 Å². The van der Waals surface area contributed by atoms with Gasteiger partial charge < -0.3 is 23.7 Å². The molecule has 350 valence electrons. The molecule has 0 N–H and O–H groups in total. The third kappa shape index (κ3) is 19.5. The average molecular weight is 896 g/mol. The Bertz CT molecular complexity index is 2180. The van der Waals surface area contributed by atoms with Crippen molar-refractivity contribution in [1.82, 2.24) is 0 Å². The lowest BCUT2D eigenvalue weighted by Crippen LogP contribution is -2.10. The Morgan fingerprint density at radius 1 is 0.394 bits per heavy atom. The van der Waals surface area contributed by atoms with Gasteiger partial charge in [0.05, 0.1) is 35.6 Å². The second-order valence-electron chi connectivity index (χ2n) is 16.8. The van der Waals surface area contributed by atoms with E-state index in [1.165, 1.54) is 103 Å². The summed E-state index contributed by atoms with van der Waals surface area (Å²) in [5.41, 5.74) is 2.50. The number of carbonyl (C=O) groups excluding carboxylic acids is 3. The average Bonchev–Trinajstić information content (AvgIpc) is 3.34. The van der Waals surface area contributed by atoms with Crippen molar-refractivity contribution >= 4 is 29.8 Å². The molecule has 9 heteroatoms. The molecule has 66 heavy (non-hydrogen) atoms. The van der Waals surface area contributed by atoms with Crippen molar-refractivity contribution in [2.24, 2.45) is 4.99 Å². The fraction of sp³-hybridized carbons (Fsp3) is 0.404. The lowest BCUT2D eigenvalue weighted by molar-refractivity contribution is 0.0719. The van der Waals surface area contributed by atoms with E-state index in [-0.39, 0.29) is 0 Å². The molecular formula is C57H69NO8. The highest BCUT2D eigenvalue weighted by molar-refractivity contribution is 5.94. The number of benzene rings is 5. The van der Waals surface area contributed by atoms with Gasteiger partial charge in [0.15, 0.2) is 0 Å². The zero-order valence-corrected chi connectivity index (χ0v) is 39.2. The largest absolute Gasteiger partial charge is 0.494 e. The van der Waals surface area contributed by atoms with Crippen molar-refractivity contribution in [3.63, 3.8) is 0 Å². The summed E-state index contributed by atoms with van der Waals surface area (Å²) in [5.74, 6) is 0.965. The molecule has 0 aliphatic heterocycles. The fourth-order valence-corrected chi connectivity index (χ4v) is 7.33. The number of hydrogen-bond acceptors (Lipinski definition) is 9. The van der Waals surface area contributed by atoms with Gasteiger partial charge in [-0.3, -0.25) is 4.99 Å². The molecule has 0 spiro atoms. The highest BCUT2D eigenvalue weighted by Gasteiger charge is 2.13. The molecule has 0 aliphatic carbocycles. The molecule has 5 aromatic rings. The number of hydrogen-bond donors (Lipinski definition) is 0. The van der Waals surface area contributed by atoms with Gasteiger partial charge in [-0.2, -0.15) is 0 Å². The smallest absolute Gasteiger partial charge is 0.343 e. The summed E-state index contributed by atoms with van der Waals surface area (Å²) in [7, 11) is 0. The van der Waals surface area contributed by atoms with E-state index in [1.54, 1.807) is 121 Å². The second kappa shape index (κ2) is 30.1. The van der Waals surface area contributed by atoms with E-state index in [0.29, 0.717) is 58.4 Å². The van der Waals surface area contributed by atoms with Crippen LogP contribution < -0.4 is 23.7 Å². The van der Waals surface area contributed by atoms with Crippen molar-refractivity contribution in [1.29, 1.82) is 0 Å². The van der Waals surface area contributed by atoms with Crippen LogP contribution in [0, 0.1) is 0 Å². The molecule has 0 saturated heterocycles. The van der Waals surface area contributed by atoms with Gasteiger partial charge in [-0.05, 0) is 128 Å². The van der Waals surface area contributed by atoms with Gasteiger partial charge in [0.25, 0.3) is 0 Å². The summed E-state index contributed by atoms with van der Waals surface area (Å²) in [6.07, 6.45) is 25.7. The number of esters is 3. The first-order valence-electron chi connectivity index (χ1n) is 24.4. The first kappa shape index (κ1) is 50.8. The van der Waals surface area contributed by atoms with Crippen LogP contribution in [-0.4, -0.2) is 37.3 Å². The first-order valence-corrected chi connectivity index (χ1v) is 24.4. The van der Waals surface area contributed by atoms with E-state index >= 15 is 0 Å². The van der Waals surface area contributed by atoms with Gasteiger partial charge in [0.1, 0.15) is 28.7 Å². The Labute approximate surface area is 392 Å². The van der Waals surface area contributed by atoms with Gasteiger partial charge in [0.2, 0.25) is 0 Å². The molecule has 0 fully saturated rings. The molecule has 0 radical (unpaired) electrons. The van der Waals surface area contributed by atoms with E-state index in [2.05, 4.69) is 18.8 Å². The second-order valence-corrected chi connectivity index (χ2v) is 16.8. The Morgan fingerprint density at radius 2 is 0.742 bits per heavy atom. The molecule has 0 aliphatic rings. The summed E-state index contributed by atoms with van der Waals surface area (Å²) in [6.45, 7) is 5.81. The Morgan fingerprint density at radius 3 is 1.15 bits per heavy atom. The maximum Gasteiger partial charge on any atom is 0.343 e. The molecular weight excluding hydrogens is 827 g/mol. The van der Waals surface area contributed by atoms with Crippen LogP contribution in [0.5, 0.6) is 28.7 Å². The van der Waals surface area contributed by atoms with Crippen LogP contribution in [0.4, 0.5) is 5.69 Å². The number of aliphatic imine (C=N–C) groups is 1. The minimum Gasteiger partial charge on any atom is -0.494 e. The standard InChI is InChI=1S/C57H69NO8/c1-3-5-7-9-11-13-15-17-19-21-42-63-50-31-25-46(26-32-50)55(59)64-52-35-29-49(30-36-52)58-44-45-23-22-24-48(43-45)57(61)66-54-39-37-53(38-40-54)65-56(60)47-27-33-51(34-28-47)62-41-20-18-16-14-12-10-8-6-4-2/h22-40,43-44H,3-21,41-42H2,1-2H3. The van der Waals surface area contributed by atoms with Crippen molar-refractivity contribution in [3.8, 4) is 28.7 Å². The first-order chi connectivity index (χ1) is 32.4. The Hall–Kier alpha value is -6.22. The van der Waals surface area contributed by atoms with Crippen LogP contribution in [0.2, 0.25) is 0 Å². The summed E-state index contributed by atoms with van der Waals surface area (Å²) in [5, 5.41) is 0. The summed E-state index contributed by atoms with van der Waals surface area (Å²) in [4.78, 5) is 43.2. The molecule has 0 atom stereocenters. The van der Waals surface area contributed by atoms with Gasteiger partial charge in [-0.1, -0.05) is 135 Å². The van der Waals surface area contributed by atoms with Crippen LogP contribution >= 0.6 is 0 Å². The van der Waals surface area contributed by atoms with E-state index in [0.717, 1.165) is 30.8 Å². The van der Waals surface area contributed by atoms with Crippen molar-refractivity contribution in [3.05, 3.63) is 144 Å². The third-order valence-electron chi connectivity index (χ3n) is 11.2. The molecule has 0 saturated carbocycles. The van der Waals surface area contributed by atoms with Crippen molar-refractivity contribution in [2.75, 3.05) is 13.2 Å². The van der Waals surface area contributed by atoms with E-state index in [4.69, 9.17) is 23.7 Å². The van der Waals surface area contributed by atoms with Crippen LogP contribution in [0.3, 0.4) is 0 Å². The summed E-state index contributed by atoms with van der Waals surface area (Å²) >= 11 is 0. The maximum atomic E-state index is 13.0. The summed E-state index contributed by atoms with van der Waals surface area (Å²) < 4.78 is 28.5. The quantitative estimate of drug-likeness (QED) is 0.0187.